The van der Waals surface area contributed by atoms with Crippen LogP contribution in [0.1, 0.15) is 6.42 Å². The second kappa shape index (κ2) is 7.68. The maximum Gasteiger partial charge on any atom is 0.120 e. The molecule has 1 saturated heterocycles. The van der Waals surface area contributed by atoms with E-state index in [0.29, 0.717) is 0 Å². The van der Waals surface area contributed by atoms with E-state index in [4.69, 9.17) is 4.74 Å². The van der Waals surface area contributed by atoms with Gasteiger partial charge in [-0.2, -0.15) is 5.10 Å². The molecule has 2 aromatic carbocycles. The summed E-state index contributed by atoms with van der Waals surface area (Å²) >= 11 is 0. The van der Waals surface area contributed by atoms with Crippen molar-refractivity contribution in [1.82, 2.24) is 10.2 Å². The average molecular weight is 375 g/mol. The molecule has 1 atom stereocenters. The minimum Gasteiger partial charge on any atom is -0.497 e. The van der Waals surface area contributed by atoms with E-state index in [1.54, 1.807) is 7.11 Å². The minimum atomic E-state index is 0.193. The molecule has 2 heterocycles. The Morgan fingerprint density at radius 1 is 1.25 bits per heavy atom. The molecule has 0 bridgehead atoms. The topological polar surface area (TPSA) is 65.2 Å². The summed E-state index contributed by atoms with van der Waals surface area (Å²) in [5.41, 5.74) is 6.50. The lowest BCUT2D eigenvalue weighted by atomic mass is 10.1. The lowest BCUT2D eigenvalue weighted by Gasteiger charge is -2.24. The van der Waals surface area contributed by atoms with Crippen LogP contribution >= 0.6 is 0 Å². The van der Waals surface area contributed by atoms with Gasteiger partial charge in [-0.05, 0) is 30.7 Å². The number of hydrogen-bond donors (Lipinski definition) is 3. The molecule has 1 aliphatic heterocycles. The third kappa shape index (κ3) is 3.41. The van der Waals surface area contributed by atoms with E-state index in [-0.39, 0.29) is 6.04 Å². The molecule has 6 heteroatoms. The highest BCUT2D eigenvalue weighted by atomic mass is 16.5. The number of hydrogen-bond acceptors (Lipinski definition) is 5. The Morgan fingerprint density at radius 2 is 2.14 bits per heavy atom. The van der Waals surface area contributed by atoms with Crippen LogP contribution in [0.25, 0.3) is 11.1 Å². The highest BCUT2D eigenvalue weighted by Gasteiger charge is 2.27. The molecule has 3 aromatic rings. The first kappa shape index (κ1) is 18.0. The first-order chi connectivity index (χ1) is 13.7. The first-order valence-electron chi connectivity index (χ1n) is 9.37. The Labute approximate surface area is 165 Å². The summed E-state index contributed by atoms with van der Waals surface area (Å²) in [4.78, 5) is 2.28. The third-order valence-corrected chi connectivity index (χ3v) is 5.19. The number of aromatic amines is 1. The van der Waals surface area contributed by atoms with Crippen LogP contribution in [0.3, 0.4) is 0 Å². The zero-order valence-electron chi connectivity index (χ0n) is 16.2. The normalized spacial score (nSPS) is 16.3. The summed E-state index contributed by atoms with van der Waals surface area (Å²) < 4.78 is 5.32. The molecule has 6 nitrogen and oxygen atoms in total. The molecular formula is C22H25N5O. The van der Waals surface area contributed by atoms with Gasteiger partial charge in [-0.25, -0.2) is 0 Å². The number of nitrogens with one attached hydrogen (secondary N) is 3. The number of methoxy groups -OCH3 is 1. The number of nitrogens with zero attached hydrogens (tertiary/aromatic N) is 2. The van der Waals surface area contributed by atoms with Crippen LogP contribution in [0.5, 0.6) is 5.75 Å². The fourth-order valence-electron chi connectivity index (χ4n) is 3.68. The monoisotopic (exact) mass is 375 g/mol. The summed E-state index contributed by atoms with van der Waals surface area (Å²) in [5, 5.41) is 13.8. The highest BCUT2D eigenvalue weighted by Crippen LogP contribution is 2.35. The second-order valence-electron chi connectivity index (χ2n) is 6.83. The van der Waals surface area contributed by atoms with Gasteiger partial charge in [0.15, 0.2) is 0 Å². The first-order valence-corrected chi connectivity index (χ1v) is 9.37. The number of benzene rings is 2. The molecule has 3 N–H and O–H groups in total. The quantitative estimate of drug-likeness (QED) is 0.598. The average Bonchev–Trinajstić information content (AvgIpc) is 3.38. The lowest BCUT2D eigenvalue weighted by molar-refractivity contribution is 0.415. The van der Waals surface area contributed by atoms with Crippen LogP contribution in [-0.2, 0) is 0 Å². The standard InChI is InChI=1S/C22H25N5O/c1-15-21(26-17-5-4-6-19(11-17)28-3)9-10-27(15)18-7-8-20(22(12-18)23-2)16-13-24-25-14-16/h4-8,11-14,21,23,26H,1,9-10H2,2-3H3,(H,24,25). The van der Waals surface area contributed by atoms with Gasteiger partial charge < -0.3 is 20.3 Å². The molecule has 4 rings (SSSR count). The van der Waals surface area contributed by atoms with Crippen molar-refractivity contribution in [2.75, 3.05) is 36.2 Å². The lowest BCUT2D eigenvalue weighted by Crippen LogP contribution is -2.23. The molecule has 1 aliphatic rings. The Hall–Kier alpha value is -3.41. The Morgan fingerprint density at radius 3 is 2.89 bits per heavy atom. The molecule has 0 spiro atoms. The zero-order valence-corrected chi connectivity index (χ0v) is 16.2. The van der Waals surface area contributed by atoms with Crippen LogP contribution in [0.4, 0.5) is 17.1 Å². The maximum absolute atomic E-state index is 5.32. The van der Waals surface area contributed by atoms with Gasteiger partial charge in [-0.3, -0.25) is 5.10 Å². The zero-order chi connectivity index (χ0) is 19.5. The van der Waals surface area contributed by atoms with Crippen LogP contribution in [0.15, 0.2) is 67.1 Å². The van der Waals surface area contributed by atoms with Gasteiger partial charge in [-0.1, -0.05) is 18.7 Å². The largest absolute Gasteiger partial charge is 0.497 e. The van der Waals surface area contributed by atoms with Crippen molar-refractivity contribution in [2.45, 2.75) is 12.5 Å². The minimum absolute atomic E-state index is 0.193. The van der Waals surface area contributed by atoms with E-state index < -0.39 is 0 Å². The highest BCUT2D eigenvalue weighted by molar-refractivity contribution is 5.81. The molecule has 0 radical (unpaired) electrons. The number of anilines is 3. The van der Waals surface area contributed by atoms with Crippen molar-refractivity contribution in [3.63, 3.8) is 0 Å². The van der Waals surface area contributed by atoms with Crippen molar-refractivity contribution < 1.29 is 4.74 Å². The van der Waals surface area contributed by atoms with E-state index in [1.807, 2.05) is 37.6 Å². The van der Waals surface area contributed by atoms with Crippen molar-refractivity contribution in [3.8, 4) is 16.9 Å². The number of aromatic nitrogens is 2. The summed E-state index contributed by atoms with van der Waals surface area (Å²) in [6, 6.07) is 14.6. The Kier molecular flexibility index (Phi) is 4.93. The Bertz CT molecular complexity index is 967. The number of H-pyrrole nitrogens is 1. The molecule has 0 saturated carbocycles. The van der Waals surface area contributed by atoms with Gasteiger partial charge in [0.25, 0.3) is 0 Å². The molecule has 144 valence electrons. The number of ether oxygens (including phenoxy) is 1. The summed E-state index contributed by atoms with van der Waals surface area (Å²) in [5.74, 6) is 0.846. The third-order valence-electron chi connectivity index (χ3n) is 5.19. The smallest absolute Gasteiger partial charge is 0.120 e. The van der Waals surface area contributed by atoms with E-state index >= 15 is 0 Å². The van der Waals surface area contributed by atoms with Crippen molar-refractivity contribution in [1.29, 1.82) is 0 Å². The SMILES string of the molecule is C=C1C(Nc2cccc(OC)c2)CCN1c1ccc(-c2cn[nH]c2)c(NC)c1. The molecule has 1 fully saturated rings. The molecule has 1 unspecified atom stereocenters. The van der Waals surface area contributed by atoms with Gasteiger partial charge in [0.1, 0.15) is 5.75 Å². The van der Waals surface area contributed by atoms with Crippen LogP contribution < -0.4 is 20.3 Å². The number of rotatable bonds is 6. The predicted octanol–water partition coefficient (Wildman–Crippen LogP) is 4.33. The van der Waals surface area contributed by atoms with Gasteiger partial charge in [0.05, 0.1) is 19.3 Å². The van der Waals surface area contributed by atoms with Crippen LogP contribution in [-0.4, -0.2) is 36.9 Å². The van der Waals surface area contributed by atoms with Gasteiger partial charge >= 0.3 is 0 Å². The molecule has 0 aliphatic carbocycles. The van der Waals surface area contributed by atoms with Crippen LogP contribution in [0, 0.1) is 0 Å². The fourth-order valence-corrected chi connectivity index (χ4v) is 3.68. The van der Waals surface area contributed by atoms with Crippen LogP contribution in [0.2, 0.25) is 0 Å². The summed E-state index contributed by atoms with van der Waals surface area (Å²) in [7, 11) is 3.62. The van der Waals surface area contributed by atoms with Crippen molar-refractivity contribution in [3.05, 3.63) is 67.1 Å². The predicted molar refractivity (Wildman–Crippen MR) is 115 cm³/mol. The van der Waals surface area contributed by atoms with E-state index in [2.05, 4.69) is 56.6 Å². The van der Waals surface area contributed by atoms with Crippen molar-refractivity contribution >= 4 is 17.1 Å². The molecule has 0 amide bonds. The van der Waals surface area contributed by atoms with Gasteiger partial charge in [-0.15, -0.1) is 0 Å². The maximum atomic E-state index is 5.32. The molecule has 28 heavy (non-hydrogen) atoms. The van der Waals surface area contributed by atoms with E-state index in [0.717, 1.165) is 52.6 Å². The van der Waals surface area contributed by atoms with E-state index in [1.165, 1.54) is 0 Å². The summed E-state index contributed by atoms with van der Waals surface area (Å²) in [6.45, 7) is 5.28. The van der Waals surface area contributed by atoms with E-state index in [9.17, 15) is 0 Å². The van der Waals surface area contributed by atoms with Gasteiger partial charge in [0, 0.05) is 59.7 Å². The second-order valence-corrected chi connectivity index (χ2v) is 6.83. The molecule has 1 aromatic heterocycles. The fraction of sp³-hybridized carbons (Fsp3) is 0.227. The summed E-state index contributed by atoms with van der Waals surface area (Å²) in [6.07, 6.45) is 4.73. The van der Waals surface area contributed by atoms with Crippen molar-refractivity contribution in [2.24, 2.45) is 0 Å². The van der Waals surface area contributed by atoms with Gasteiger partial charge in [0.2, 0.25) is 0 Å². The molecular weight excluding hydrogens is 350 g/mol. The Balaban J connectivity index is 1.53.